The number of hydrogen-bond acceptors (Lipinski definition) is 4. The van der Waals surface area contributed by atoms with Gasteiger partial charge in [0.25, 0.3) is 21.5 Å². The van der Waals surface area contributed by atoms with Crippen LogP contribution in [0.4, 0.5) is 11.4 Å². The molecule has 1 aromatic heterocycles. The molecule has 35 heavy (non-hydrogen) atoms. The molecule has 0 saturated carbocycles. The van der Waals surface area contributed by atoms with Crippen molar-refractivity contribution in [3.05, 3.63) is 105 Å². The zero-order valence-electron chi connectivity index (χ0n) is 19.2. The Morgan fingerprint density at radius 3 is 2.34 bits per heavy atom. The molecule has 180 valence electrons. The van der Waals surface area contributed by atoms with Gasteiger partial charge < -0.3 is 5.32 Å². The first-order valence-corrected chi connectivity index (χ1v) is 12.5. The third-order valence-electron chi connectivity index (χ3n) is 5.55. The van der Waals surface area contributed by atoms with E-state index in [2.05, 4.69) is 10.0 Å². The van der Waals surface area contributed by atoms with Crippen molar-refractivity contribution in [3.63, 3.8) is 0 Å². The first-order valence-electron chi connectivity index (χ1n) is 10.6. The van der Waals surface area contributed by atoms with Crippen LogP contribution in [-0.4, -0.2) is 23.7 Å². The molecular weight excluding hydrogens is 488 g/mol. The summed E-state index contributed by atoms with van der Waals surface area (Å²) in [5, 5.41) is 2.66. The quantitative estimate of drug-likeness (QED) is 0.398. The highest BCUT2D eigenvalue weighted by molar-refractivity contribution is 7.92. The second-order valence-corrected chi connectivity index (χ2v) is 10.1. The summed E-state index contributed by atoms with van der Waals surface area (Å²) in [7, 11) is -2.64. The molecule has 1 amide bonds. The zero-order valence-corrected chi connectivity index (χ0v) is 20.8. The van der Waals surface area contributed by atoms with Crippen LogP contribution in [0, 0.1) is 13.8 Å². The Morgan fingerprint density at radius 2 is 1.66 bits per heavy atom. The maximum absolute atomic E-state index is 13.3. The Hall–Kier alpha value is -3.82. The molecule has 0 aliphatic heterocycles. The maximum atomic E-state index is 13.3. The van der Waals surface area contributed by atoms with E-state index in [9.17, 15) is 18.0 Å². The standard InChI is InChI=1S/C25H23ClN4O4S/c1-16-8-7-9-19(14-16)27-24(31)18-12-13-21(26)22(15-18)35(33,34)28-23-17(2)29(3)30(25(23)32)20-10-5-4-6-11-20/h4-15,28H,1-3H3,(H,27,31). The fraction of sp³-hybridized carbons (Fsp3) is 0.120. The molecular formula is C25H23ClN4O4S. The number of hydrogen-bond donors (Lipinski definition) is 2. The molecule has 10 heteroatoms. The number of nitrogens with zero attached hydrogens (tertiary/aromatic N) is 2. The maximum Gasteiger partial charge on any atom is 0.296 e. The van der Waals surface area contributed by atoms with E-state index in [4.69, 9.17) is 11.6 Å². The van der Waals surface area contributed by atoms with Gasteiger partial charge in [-0.2, -0.15) is 0 Å². The number of benzene rings is 3. The van der Waals surface area contributed by atoms with E-state index in [1.807, 2.05) is 19.1 Å². The summed E-state index contributed by atoms with van der Waals surface area (Å²) in [5.74, 6) is -0.494. The number of carbonyl (C=O) groups is 1. The van der Waals surface area contributed by atoms with Crippen LogP contribution in [0.3, 0.4) is 0 Å². The fourth-order valence-electron chi connectivity index (χ4n) is 3.65. The number of aryl methyl sites for hydroxylation is 1. The third kappa shape index (κ3) is 4.87. The van der Waals surface area contributed by atoms with E-state index >= 15 is 0 Å². The van der Waals surface area contributed by atoms with E-state index in [0.29, 0.717) is 17.1 Å². The van der Waals surface area contributed by atoms with Crippen molar-refractivity contribution in [2.75, 3.05) is 10.0 Å². The molecule has 0 aliphatic rings. The van der Waals surface area contributed by atoms with E-state index in [0.717, 1.165) is 5.56 Å². The summed E-state index contributed by atoms with van der Waals surface area (Å²) < 4.78 is 31.8. The Bertz CT molecular complexity index is 1590. The number of anilines is 2. The van der Waals surface area contributed by atoms with Crippen LogP contribution in [0.1, 0.15) is 21.6 Å². The largest absolute Gasteiger partial charge is 0.322 e. The number of rotatable bonds is 6. The number of aromatic nitrogens is 2. The van der Waals surface area contributed by atoms with Crippen molar-refractivity contribution >= 4 is 38.9 Å². The minimum atomic E-state index is -4.30. The van der Waals surface area contributed by atoms with Crippen LogP contribution in [0.5, 0.6) is 0 Å². The van der Waals surface area contributed by atoms with Crippen molar-refractivity contribution in [3.8, 4) is 5.69 Å². The Kier molecular flexibility index (Phi) is 6.56. The summed E-state index contributed by atoms with van der Waals surface area (Å²) in [4.78, 5) is 25.6. The molecule has 0 bridgehead atoms. The highest BCUT2D eigenvalue weighted by Crippen LogP contribution is 2.26. The average Bonchev–Trinajstić information content (AvgIpc) is 3.02. The smallest absolute Gasteiger partial charge is 0.296 e. The lowest BCUT2D eigenvalue weighted by molar-refractivity contribution is 0.102. The monoisotopic (exact) mass is 510 g/mol. The summed E-state index contributed by atoms with van der Waals surface area (Å²) in [6.45, 7) is 3.53. The second kappa shape index (κ2) is 9.44. The van der Waals surface area contributed by atoms with E-state index in [1.54, 1.807) is 61.1 Å². The SMILES string of the molecule is Cc1cccc(NC(=O)c2ccc(Cl)c(S(=O)(=O)Nc3c(C)n(C)n(-c4ccccc4)c3=O)c2)c1. The lowest BCUT2D eigenvalue weighted by Gasteiger charge is -2.11. The van der Waals surface area contributed by atoms with Crippen molar-refractivity contribution < 1.29 is 13.2 Å². The predicted octanol–water partition coefficient (Wildman–Crippen LogP) is 4.50. The summed E-state index contributed by atoms with van der Waals surface area (Å²) in [6, 6.07) is 20.0. The molecule has 4 aromatic rings. The van der Waals surface area contributed by atoms with Crippen LogP contribution in [0.25, 0.3) is 5.69 Å². The van der Waals surface area contributed by atoms with Gasteiger partial charge in [-0.15, -0.1) is 0 Å². The van der Waals surface area contributed by atoms with Crippen molar-refractivity contribution in [2.45, 2.75) is 18.7 Å². The van der Waals surface area contributed by atoms with E-state index in [-0.39, 0.29) is 21.2 Å². The number of amides is 1. The molecule has 8 nitrogen and oxygen atoms in total. The molecule has 1 heterocycles. The molecule has 0 aliphatic carbocycles. The predicted molar refractivity (Wildman–Crippen MR) is 137 cm³/mol. The first kappa shape index (κ1) is 24.3. The van der Waals surface area contributed by atoms with Crippen LogP contribution < -0.4 is 15.6 Å². The van der Waals surface area contributed by atoms with Crippen molar-refractivity contribution in [1.82, 2.24) is 9.36 Å². The molecule has 3 aromatic carbocycles. The molecule has 0 radical (unpaired) electrons. The summed E-state index contributed by atoms with van der Waals surface area (Å²) in [5.41, 5.74) is 1.99. The van der Waals surface area contributed by atoms with Crippen molar-refractivity contribution in [2.24, 2.45) is 7.05 Å². The van der Waals surface area contributed by atoms with Gasteiger partial charge in [0.1, 0.15) is 10.6 Å². The van der Waals surface area contributed by atoms with Gasteiger partial charge in [0.05, 0.1) is 16.4 Å². The van der Waals surface area contributed by atoms with Gasteiger partial charge in [0.15, 0.2) is 0 Å². The van der Waals surface area contributed by atoms with Gasteiger partial charge in [-0.3, -0.25) is 19.0 Å². The molecule has 0 unspecified atom stereocenters. The van der Waals surface area contributed by atoms with Gasteiger partial charge >= 0.3 is 0 Å². The zero-order chi connectivity index (χ0) is 25.3. The Morgan fingerprint density at radius 1 is 0.943 bits per heavy atom. The number of carbonyl (C=O) groups excluding carboxylic acids is 1. The van der Waals surface area contributed by atoms with Crippen LogP contribution in [0.2, 0.25) is 5.02 Å². The van der Waals surface area contributed by atoms with Crippen molar-refractivity contribution in [1.29, 1.82) is 0 Å². The first-order chi connectivity index (χ1) is 16.6. The van der Waals surface area contributed by atoms with E-state index < -0.39 is 21.5 Å². The molecule has 0 saturated heterocycles. The van der Waals surface area contributed by atoms with Crippen LogP contribution >= 0.6 is 11.6 Å². The van der Waals surface area contributed by atoms with Gasteiger partial charge in [0.2, 0.25) is 0 Å². The minimum Gasteiger partial charge on any atom is -0.322 e. The van der Waals surface area contributed by atoms with Gasteiger partial charge in [-0.1, -0.05) is 41.9 Å². The summed E-state index contributed by atoms with van der Waals surface area (Å²) in [6.07, 6.45) is 0. The Labute approximate surface area is 207 Å². The van der Waals surface area contributed by atoms with Gasteiger partial charge in [-0.05, 0) is 61.9 Å². The van der Waals surface area contributed by atoms with E-state index in [1.165, 1.54) is 22.9 Å². The van der Waals surface area contributed by atoms with Gasteiger partial charge in [-0.25, -0.2) is 13.1 Å². The Balaban J connectivity index is 1.68. The van der Waals surface area contributed by atoms with Crippen LogP contribution in [-0.2, 0) is 17.1 Å². The third-order valence-corrected chi connectivity index (χ3v) is 7.38. The highest BCUT2D eigenvalue weighted by Gasteiger charge is 2.25. The van der Waals surface area contributed by atoms with Gasteiger partial charge in [0, 0.05) is 18.3 Å². The molecule has 0 atom stereocenters. The average molecular weight is 511 g/mol. The topological polar surface area (TPSA) is 102 Å². The molecule has 0 spiro atoms. The lowest BCUT2D eigenvalue weighted by Crippen LogP contribution is -2.23. The minimum absolute atomic E-state index is 0.0819. The molecule has 0 fully saturated rings. The van der Waals surface area contributed by atoms with Crippen LogP contribution in [0.15, 0.2) is 82.5 Å². The normalized spacial score (nSPS) is 11.3. The fourth-order valence-corrected chi connectivity index (χ4v) is 5.29. The number of halogens is 1. The second-order valence-electron chi connectivity index (χ2n) is 8.01. The summed E-state index contributed by atoms with van der Waals surface area (Å²) >= 11 is 6.21. The number of sulfonamides is 1. The molecule has 4 rings (SSSR count). The lowest BCUT2D eigenvalue weighted by atomic mass is 10.2. The molecule has 2 N–H and O–H groups in total. The highest BCUT2D eigenvalue weighted by atomic mass is 35.5. The number of para-hydroxylation sites is 1. The number of nitrogens with one attached hydrogen (secondary N) is 2.